The molecule has 0 saturated heterocycles. The Morgan fingerprint density at radius 1 is 1.33 bits per heavy atom. The second kappa shape index (κ2) is 3.34. The van der Waals surface area contributed by atoms with Crippen LogP contribution in [0.4, 0.5) is 0 Å². The molecule has 2 rings (SSSR count). The van der Waals surface area contributed by atoms with E-state index in [0.717, 1.165) is 0 Å². The zero-order valence-corrected chi connectivity index (χ0v) is 8.99. The van der Waals surface area contributed by atoms with Gasteiger partial charge in [-0.3, -0.25) is 0 Å². The van der Waals surface area contributed by atoms with E-state index in [4.69, 9.17) is 5.73 Å². The zero-order valence-electron chi connectivity index (χ0n) is 6.83. The van der Waals surface area contributed by atoms with Crippen molar-refractivity contribution in [1.82, 2.24) is 0 Å². The monoisotopic (exact) mass is 273 g/mol. The first kappa shape index (κ1) is 8.51. The van der Waals surface area contributed by atoms with Crippen LogP contribution in [0.2, 0.25) is 0 Å². The maximum Gasteiger partial charge on any atom is 0.0417 e. The van der Waals surface area contributed by atoms with Crippen LogP contribution < -0.4 is 5.73 Å². The van der Waals surface area contributed by atoms with E-state index in [1.807, 2.05) is 0 Å². The largest absolute Gasteiger partial charge is 0.323 e. The van der Waals surface area contributed by atoms with Gasteiger partial charge in [-0.05, 0) is 24.0 Å². The van der Waals surface area contributed by atoms with Gasteiger partial charge in [-0.25, -0.2) is 0 Å². The van der Waals surface area contributed by atoms with E-state index in [1.54, 1.807) is 0 Å². The average molecular weight is 273 g/mol. The van der Waals surface area contributed by atoms with Crippen LogP contribution in [-0.2, 0) is 6.42 Å². The molecule has 0 heterocycles. The van der Waals surface area contributed by atoms with Gasteiger partial charge in [0, 0.05) is 9.97 Å². The summed E-state index contributed by atoms with van der Waals surface area (Å²) in [6, 6.07) is 8.77. The van der Waals surface area contributed by atoms with Crippen LogP contribution in [0.3, 0.4) is 0 Å². The molecule has 1 aliphatic rings. The molecule has 0 radical (unpaired) electrons. The molecule has 2 heteroatoms. The van der Waals surface area contributed by atoms with Gasteiger partial charge in [0.05, 0.1) is 0 Å². The lowest BCUT2D eigenvalue weighted by Crippen LogP contribution is -2.27. The molecular formula is C10H12IN. The Bertz CT molecular complexity index is 285. The first-order valence-corrected chi connectivity index (χ1v) is 5.51. The van der Waals surface area contributed by atoms with Crippen molar-refractivity contribution in [3.05, 3.63) is 35.4 Å². The summed E-state index contributed by atoms with van der Waals surface area (Å²) in [7, 11) is 0. The molecule has 2 unspecified atom stereocenters. The summed E-state index contributed by atoms with van der Waals surface area (Å²) in [6.45, 7) is 0. The highest BCUT2D eigenvalue weighted by molar-refractivity contribution is 14.1. The first-order chi connectivity index (χ1) is 5.79. The summed E-state index contributed by atoms with van der Waals surface area (Å²) in [4.78, 5) is 0. The van der Waals surface area contributed by atoms with Crippen molar-refractivity contribution in [2.24, 2.45) is 5.73 Å². The number of hydrogen-bond acceptors (Lipinski definition) is 1. The molecule has 1 aromatic rings. The Morgan fingerprint density at radius 3 is 2.92 bits per heavy atom. The van der Waals surface area contributed by atoms with Gasteiger partial charge in [-0.2, -0.15) is 0 Å². The molecule has 0 bridgehead atoms. The molecular weight excluding hydrogens is 261 g/mol. The van der Waals surface area contributed by atoms with Crippen molar-refractivity contribution in [2.75, 3.05) is 0 Å². The quantitative estimate of drug-likeness (QED) is 0.570. The van der Waals surface area contributed by atoms with Crippen LogP contribution in [0.5, 0.6) is 0 Å². The van der Waals surface area contributed by atoms with E-state index < -0.39 is 0 Å². The van der Waals surface area contributed by atoms with Gasteiger partial charge >= 0.3 is 0 Å². The van der Waals surface area contributed by atoms with Crippen molar-refractivity contribution in [2.45, 2.75) is 22.8 Å². The van der Waals surface area contributed by atoms with Gasteiger partial charge in [0.15, 0.2) is 0 Å². The van der Waals surface area contributed by atoms with Crippen molar-refractivity contribution >= 4 is 22.6 Å². The third-order valence-electron chi connectivity index (χ3n) is 2.49. The lowest BCUT2D eigenvalue weighted by molar-refractivity contribution is 0.605. The predicted molar refractivity (Wildman–Crippen MR) is 59.5 cm³/mol. The van der Waals surface area contributed by atoms with Gasteiger partial charge in [0.1, 0.15) is 0 Å². The lowest BCUT2D eigenvalue weighted by atomic mass is 9.88. The van der Waals surface area contributed by atoms with Crippen LogP contribution in [0, 0.1) is 0 Å². The molecule has 0 saturated carbocycles. The van der Waals surface area contributed by atoms with E-state index in [0.29, 0.717) is 3.92 Å². The summed E-state index contributed by atoms with van der Waals surface area (Å²) in [5, 5.41) is 0. The summed E-state index contributed by atoms with van der Waals surface area (Å²) in [5.74, 6) is 0. The Balaban J connectivity index is 2.42. The molecule has 0 amide bonds. The third kappa shape index (κ3) is 1.38. The summed E-state index contributed by atoms with van der Waals surface area (Å²) >= 11 is 2.45. The van der Waals surface area contributed by atoms with Crippen LogP contribution in [0.1, 0.15) is 23.6 Å². The number of aryl methyl sites for hydroxylation is 1. The van der Waals surface area contributed by atoms with E-state index in [2.05, 4.69) is 46.9 Å². The van der Waals surface area contributed by atoms with E-state index in [-0.39, 0.29) is 6.04 Å². The Morgan fingerprint density at radius 2 is 2.08 bits per heavy atom. The van der Waals surface area contributed by atoms with Gasteiger partial charge in [0.2, 0.25) is 0 Å². The summed E-state index contributed by atoms with van der Waals surface area (Å²) in [6.07, 6.45) is 2.41. The summed E-state index contributed by atoms with van der Waals surface area (Å²) < 4.78 is 0.609. The second-order valence-corrected chi connectivity index (χ2v) is 4.88. The van der Waals surface area contributed by atoms with E-state index >= 15 is 0 Å². The minimum atomic E-state index is 0.246. The minimum Gasteiger partial charge on any atom is -0.323 e. The van der Waals surface area contributed by atoms with Crippen molar-refractivity contribution in [3.8, 4) is 0 Å². The Kier molecular flexibility index (Phi) is 2.37. The number of hydrogen-bond donors (Lipinski definition) is 1. The Labute approximate surface area is 86.5 Å². The van der Waals surface area contributed by atoms with Gasteiger partial charge in [-0.15, -0.1) is 0 Å². The smallest absolute Gasteiger partial charge is 0.0417 e. The number of rotatable bonds is 0. The number of fused-ring (bicyclic) bond motifs is 1. The van der Waals surface area contributed by atoms with E-state index in [9.17, 15) is 0 Å². The molecule has 1 aromatic carbocycles. The number of alkyl halides is 1. The normalized spacial score (nSPS) is 28.2. The fourth-order valence-electron chi connectivity index (χ4n) is 1.75. The Hall–Kier alpha value is -0.0900. The van der Waals surface area contributed by atoms with Crippen LogP contribution in [-0.4, -0.2) is 3.92 Å². The highest BCUT2D eigenvalue weighted by Gasteiger charge is 2.23. The van der Waals surface area contributed by atoms with Crippen molar-refractivity contribution in [1.29, 1.82) is 0 Å². The standard InChI is InChI=1S/C10H12IN/c11-9-6-5-7-3-1-2-4-8(7)10(9)12/h1-4,9-10H,5-6,12H2. The van der Waals surface area contributed by atoms with Crippen molar-refractivity contribution < 1.29 is 0 Å². The topological polar surface area (TPSA) is 26.0 Å². The molecule has 2 atom stereocenters. The third-order valence-corrected chi connectivity index (χ3v) is 3.89. The van der Waals surface area contributed by atoms with Crippen molar-refractivity contribution in [3.63, 3.8) is 0 Å². The highest BCUT2D eigenvalue weighted by Crippen LogP contribution is 2.32. The van der Waals surface area contributed by atoms with Gasteiger partial charge in [0.25, 0.3) is 0 Å². The van der Waals surface area contributed by atoms with Crippen LogP contribution in [0.25, 0.3) is 0 Å². The SMILES string of the molecule is NC1c2ccccc2CCC1I. The first-order valence-electron chi connectivity index (χ1n) is 4.26. The van der Waals surface area contributed by atoms with E-state index in [1.165, 1.54) is 24.0 Å². The average Bonchev–Trinajstić information content (AvgIpc) is 2.12. The molecule has 1 nitrogen and oxygen atoms in total. The maximum atomic E-state index is 6.08. The van der Waals surface area contributed by atoms with Crippen LogP contribution >= 0.6 is 22.6 Å². The number of benzene rings is 1. The number of nitrogens with two attached hydrogens (primary N) is 1. The summed E-state index contributed by atoms with van der Waals surface area (Å²) in [5.41, 5.74) is 8.88. The molecule has 0 spiro atoms. The fourth-order valence-corrected chi connectivity index (χ4v) is 2.45. The predicted octanol–water partition coefficient (Wildman–Crippen LogP) is 2.44. The minimum absolute atomic E-state index is 0.246. The second-order valence-electron chi connectivity index (χ2n) is 3.28. The highest BCUT2D eigenvalue weighted by atomic mass is 127. The molecule has 1 aliphatic carbocycles. The molecule has 64 valence electrons. The number of halogens is 1. The lowest BCUT2D eigenvalue weighted by Gasteiger charge is -2.26. The maximum absolute atomic E-state index is 6.08. The molecule has 0 aromatic heterocycles. The fraction of sp³-hybridized carbons (Fsp3) is 0.400. The molecule has 12 heavy (non-hydrogen) atoms. The van der Waals surface area contributed by atoms with Gasteiger partial charge < -0.3 is 5.73 Å². The zero-order chi connectivity index (χ0) is 8.55. The van der Waals surface area contributed by atoms with Crippen LogP contribution in [0.15, 0.2) is 24.3 Å². The van der Waals surface area contributed by atoms with Gasteiger partial charge in [-0.1, -0.05) is 46.9 Å². The molecule has 2 N–H and O–H groups in total. The molecule has 0 aliphatic heterocycles. The molecule has 0 fully saturated rings.